The van der Waals surface area contributed by atoms with Crippen molar-refractivity contribution in [2.45, 2.75) is 56.7 Å². The van der Waals surface area contributed by atoms with Crippen molar-refractivity contribution in [1.29, 1.82) is 0 Å². The maximum atomic E-state index is 13.4. The second kappa shape index (κ2) is 15.9. The van der Waals surface area contributed by atoms with Gasteiger partial charge in [-0.2, -0.15) is 0 Å². The average molecular weight is 570 g/mol. The minimum Gasteiger partial charge on any atom is -0.508 e. The number of phenols is 2. The zero-order valence-electron chi connectivity index (χ0n) is 23.3. The summed E-state index contributed by atoms with van der Waals surface area (Å²) in [7, 11) is 0. The summed E-state index contributed by atoms with van der Waals surface area (Å²) in [6.07, 6.45) is 2.27. The number of hydrogen-bond donors (Lipinski definition) is 9. The molecule has 3 atom stereocenters. The zero-order valence-corrected chi connectivity index (χ0v) is 23.3. The molecule has 1 aliphatic rings. The minimum atomic E-state index is -1.04. The highest BCUT2D eigenvalue weighted by Crippen LogP contribution is 2.30. The van der Waals surface area contributed by atoms with Crippen molar-refractivity contribution in [1.82, 2.24) is 21.3 Å². The molecule has 1 aliphatic heterocycles. The van der Waals surface area contributed by atoms with Crippen LogP contribution in [-0.2, 0) is 27.2 Å². The molecular formula is C29H43N7O5. The van der Waals surface area contributed by atoms with E-state index in [-0.39, 0.29) is 30.8 Å². The minimum absolute atomic E-state index is 0.00794. The van der Waals surface area contributed by atoms with Crippen LogP contribution in [0.15, 0.2) is 36.4 Å². The Morgan fingerprint density at radius 2 is 1.44 bits per heavy atom. The Morgan fingerprint density at radius 1 is 0.829 bits per heavy atom. The number of rotatable bonds is 11. The van der Waals surface area contributed by atoms with Crippen LogP contribution in [0.5, 0.6) is 11.5 Å². The van der Waals surface area contributed by atoms with E-state index in [0.29, 0.717) is 50.1 Å². The second-order valence-electron chi connectivity index (χ2n) is 10.3. The van der Waals surface area contributed by atoms with Gasteiger partial charge in [0.1, 0.15) is 23.6 Å². The van der Waals surface area contributed by atoms with Gasteiger partial charge in [0.15, 0.2) is 0 Å². The summed E-state index contributed by atoms with van der Waals surface area (Å²) in [5.74, 6) is -1.58. The molecule has 4 bridgehead atoms. The van der Waals surface area contributed by atoms with Gasteiger partial charge in [0, 0.05) is 19.4 Å². The first-order valence-corrected chi connectivity index (χ1v) is 14.1. The molecule has 12 heteroatoms. The zero-order chi connectivity index (χ0) is 29.8. The van der Waals surface area contributed by atoms with Crippen molar-refractivity contribution in [2.75, 3.05) is 32.7 Å². The van der Waals surface area contributed by atoms with E-state index >= 15 is 0 Å². The van der Waals surface area contributed by atoms with Crippen LogP contribution in [0.3, 0.4) is 0 Å². The lowest BCUT2D eigenvalue weighted by Gasteiger charge is -2.24. The smallest absolute Gasteiger partial charge is 0.243 e. The fraction of sp³-hybridized carbons (Fsp3) is 0.483. The summed E-state index contributed by atoms with van der Waals surface area (Å²) < 4.78 is 0. The van der Waals surface area contributed by atoms with Crippen LogP contribution >= 0.6 is 0 Å². The molecule has 12 N–H and O–H groups in total. The quantitative estimate of drug-likeness (QED) is 0.157. The van der Waals surface area contributed by atoms with E-state index in [9.17, 15) is 24.6 Å². The highest BCUT2D eigenvalue weighted by molar-refractivity contribution is 5.93. The lowest BCUT2D eigenvalue weighted by atomic mass is 9.95. The van der Waals surface area contributed by atoms with E-state index in [0.717, 1.165) is 24.1 Å². The van der Waals surface area contributed by atoms with Crippen molar-refractivity contribution < 1.29 is 24.6 Å². The van der Waals surface area contributed by atoms with Gasteiger partial charge in [0.05, 0.1) is 6.04 Å². The Balaban J connectivity index is 1.92. The third kappa shape index (κ3) is 9.42. The molecule has 3 amide bonds. The molecule has 224 valence electrons. The number of hydrogen-bond acceptors (Lipinski definition) is 9. The number of carbonyl (C=O) groups is 3. The van der Waals surface area contributed by atoms with Gasteiger partial charge in [-0.05, 0) is 98.4 Å². The Labute approximate surface area is 240 Å². The van der Waals surface area contributed by atoms with E-state index in [1.165, 1.54) is 12.1 Å². The van der Waals surface area contributed by atoms with Crippen molar-refractivity contribution in [3.63, 3.8) is 0 Å². The third-order valence-electron chi connectivity index (χ3n) is 7.04. The molecule has 0 unspecified atom stereocenters. The molecule has 2 aromatic carbocycles. The van der Waals surface area contributed by atoms with Crippen LogP contribution in [-0.4, -0.2) is 78.8 Å². The number of fused-ring (bicyclic) bond motifs is 5. The van der Waals surface area contributed by atoms with Crippen LogP contribution in [0.4, 0.5) is 0 Å². The first kappa shape index (κ1) is 31.8. The predicted octanol–water partition coefficient (Wildman–Crippen LogP) is -0.656. The maximum Gasteiger partial charge on any atom is 0.243 e. The topological polar surface area (TPSA) is 218 Å². The van der Waals surface area contributed by atoms with E-state index in [2.05, 4.69) is 21.3 Å². The van der Waals surface area contributed by atoms with Gasteiger partial charge in [-0.1, -0.05) is 12.1 Å². The average Bonchev–Trinajstić information content (AvgIpc) is 2.95. The van der Waals surface area contributed by atoms with Gasteiger partial charge in [-0.25, -0.2) is 0 Å². The molecule has 12 nitrogen and oxygen atoms in total. The van der Waals surface area contributed by atoms with Crippen LogP contribution < -0.4 is 38.5 Å². The summed E-state index contributed by atoms with van der Waals surface area (Å²) in [5.41, 5.74) is 19.7. The molecule has 0 fully saturated rings. The lowest BCUT2D eigenvalue weighted by molar-refractivity contribution is -0.132. The Morgan fingerprint density at radius 3 is 2.07 bits per heavy atom. The van der Waals surface area contributed by atoms with E-state index < -0.39 is 35.8 Å². The highest BCUT2D eigenvalue weighted by atomic mass is 16.3. The number of carbonyl (C=O) groups excluding carboxylic acids is 3. The third-order valence-corrected chi connectivity index (χ3v) is 7.04. The monoisotopic (exact) mass is 569 g/mol. The molecule has 41 heavy (non-hydrogen) atoms. The number of amides is 3. The molecule has 0 radical (unpaired) electrons. The number of aromatic hydroxyl groups is 2. The first-order chi connectivity index (χ1) is 19.7. The fourth-order valence-corrected chi connectivity index (χ4v) is 4.66. The van der Waals surface area contributed by atoms with Crippen LogP contribution in [0.2, 0.25) is 0 Å². The maximum absolute atomic E-state index is 13.4. The van der Waals surface area contributed by atoms with E-state index in [1.54, 1.807) is 24.3 Å². The standard InChI is InChI=1S/C29H43N7O5/c30-9-1-4-23-29(41)36-24(28(40)34-13-3-12-33-11-2-10-31)17-21-15-19(6-8-26(21)38)18-5-7-25(37)20(14-18)16-22(32)27(39)35-23/h5-8,14-15,22-24,33,37-38H,1-4,9-13,16-17,30-32H2,(H,34,40)(H,35,39)(H,36,41)/t22-,23-,24-/m0/s1. The molecule has 0 saturated heterocycles. The fourth-order valence-electron chi connectivity index (χ4n) is 4.66. The van der Waals surface area contributed by atoms with Crippen molar-refractivity contribution in [3.05, 3.63) is 47.5 Å². The van der Waals surface area contributed by atoms with E-state index in [1.807, 2.05) is 0 Å². The molecule has 2 aromatic rings. The van der Waals surface area contributed by atoms with Crippen molar-refractivity contribution in [2.24, 2.45) is 17.2 Å². The molecular weight excluding hydrogens is 526 g/mol. The normalized spacial score (nSPS) is 19.4. The van der Waals surface area contributed by atoms with Gasteiger partial charge < -0.3 is 48.7 Å². The summed E-state index contributed by atoms with van der Waals surface area (Å²) in [6, 6.07) is 6.92. The first-order valence-electron chi connectivity index (χ1n) is 14.1. The molecule has 0 aromatic heterocycles. The van der Waals surface area contributed by atoms with Gasteiger partial charge >= 0.3 is 0 Å². The highest BCUT2D eigenvalue weighted by Gasteiger charge is 2.29. The molecule has 0 saturated carbocycles. The van der Waals surface area contributed by atoms with Gasteiger partial charge in [-0.3, -0.25) is 14.4 Å². The molecule has 3 rings (SSSR count). The molecule has 0 aliphatic carbocycles. The van der Waals surface area contributed by atoms with Gasteiger partial charge in [-0.15, -0.1) is 0 Å². The largest absolute Gasteiger partial charge is 0.508 e. The van der Waals surface area contributed by atoms with Crippen LogP contribution in [0, 0.1) is 0 Å². The Kier molecular flexibility index (Phi) is 12.3. The molecule has 1 heterocycles. The van der Waals surface area contributed by atoms with Gasteiger partial charge in [0.2, 0.25) is 17.7 Å². The van der Waals surface area contributed by atoms with E-state index in [4.69, 9.17) is 17.2 Å². The number of nitrogens with two attached hydrogens (primary N) is 3. The lowest BCUT2D eigenvalue weighted by Crippen LogP contribution is -2.56. The number of phenolic OH excluding ortho intramolecular Hbond substituents is 2. The van der Waals surface area contributed by atoms with Crippen LogP contribution in [0.25, 0.3) is 11.1 Å². The summed E-state index contributed by atoms with van der Waals surface area (Å²) in [6.45, 7) is 2.77. The predicted molar refractivity (Wildman–Crippen MR) is 157 cm³/mol. The molecule has 0 spiro atoms. The number of nitrogens with one attached hydrogen (secondary N) is 4. The SMILES string of the molecule is NCCCNCCCNC(=O)[C@@H]1Cc2cc(ccc2O)-c2ccc(O)c(c2)C[C@H](N)C(=O)N[C@@H](CCCN)C(=O)N1. The Hall–Kier alpha value is -3.71. The van der Waals surface area contributed by atoms with Crippen molar-refractivity contribution in [3.8, 4) is 22.6 Å². The van der Waals surface area contributed by atoms with Gasteiger partial charge in [0.25, 0.3) is 0 Å². The summed E-state index contributed by atoms with van der Waals surface area (Å²) in [5, 5.41) is 32.7. The summed E-state index contributed by atoms with van der Waals surface area (Å²) in [4.78, 5) is 39.7. The second-order valence-corrected chi connectivity index (χ2v) is 10.3. The van der Waals surface area contributed by atoms with Crippen LogP contribution in [0.1, 0.15) is 36.8 Å². The van der Waals surface area contributed by atoms with Crippen molar-refractivity contribution >= 4 is 17.7 Å². The Bertz CT molecular complexity index is 1190. The number of benzene rings is 2. The summed E-state index contributed by atoms with van der Waals surface area (Å²) >= 11 is 0.